The Morgan fingerprint density at radius 3 is 2.96 bits per heavy atom. The smallest absolute Gasteiger partial charge is 0.258 e. The molecule has 2 aromatic heterocycles. The zero-order valence-electron chi connectivity index (χ0n) is 14.6. The Hall–Kier alpha value is -1.95. The molecule has 0 aliphatic heterocycles. The molecule has 130 valence electrons. The maximum Gasteiger partial charge on any atom is 0.258 e. The van der Waals surface area contributed by atoms with E-state index in [1.165, 1.54) is 6.42 Å². The molecular weight excluding hydrogens is 304 g/mol. The molecule has 2 aromatic rings. The standard InChI is InChI=1S/C18H26N4O2/c1-12(2)16-21-17(24-22-16)13-7-9-19-15(10-13)20-11-18(3)8-5-4-6-14(18)23/h7,9-10,12,14,23H,4-6,8,11H2,1-3H3,(H,19,20). The fourth-order valence-corrected chi connectivity index (χ4v) is 3.13. The van der Waals surface area contributed by atoms with Gasteiger partial charge in [0.25, 0.3) is 5.89 Å². The summed E-state index contributed by atoms with van der Waals surface area (Å²) < 4.78 is 5.34. The number of aromatic nitrogens is 3. The summed E-state index contributed by atoms with van der Waals surface area (Å²) in [5, 5.41) is 17.7. The summed E-state index contributed by atoms with van der Waals surface area (Å²) in [4.78, 5) is 8.79. The van der Waals surface area contributed by atoms with Crippen molar-refractivity contribution in [2.75, 3.05) is 11.9 Å². The minimum atomic E-state index is -0.258. The van der Waals surface area contributed by atoms with Crippen LogP contribution < -0.4 is 5.32 Å². The van der Waals surface area contributed by atoms with Crippen molar-refractivity contribution in [3.63, 3.8) is 0 Å². The lowest BCUT2D eigenvalue weighted by Crippen LogP contribution is -2.41. The van der Waals surface area contributed by atoms with Crippen LogP contribution in [-0.2, 0) is 0 Å². The normalized spacial score (nSPS) is 24.3. The quantitative estimate of drug-likeness (QED) is 0.871. The van der Waals surface area contributed by atoms with Gasteiger partial charge in [-0.1, -0.05) is 38.8 Å². The first-order valence-electron chi connectivity index (χ1n) is 8.70. The number of hydrogen-bond acceptors (Lipinski definition) is 6. The second kappa shape index (κ2) is 6.89. The second-order valence-corrected chi connectivity index (χ2v) is 7.31. The van der Waals surface area contributed by atoms with E-state index >= 15 is 0 Å². The summed E-state index contributed by atoms with van der Waals surface area (Å²) in [6.07, 6.45) is 5.67. The highest BCUT2D eigenvalue weighted by Crippen LogP contribution is 2.36. The summed E-state index contributed by atoms with van der Waals surface area (Å²) in [5.74, 6) is 2.20. The lowest BCUT2D eigenvalue weighted by atomic mass is 9.73. The highest BCUT2D eigenvalue weighted by molar-refractivity contribution is 5.57. The Labute approximate surface area is 142 Å². The third-order valence-electron chi connectivity index (χ3n) is 4.92. The van der Waals surface area contributed by atoms with Crippen molar-refractivity contribution in [3.8, 4) is 11.5 Å². The molecule has 1 aliphatic carbocycles. The van der Waals surface area contributed by atoms with Gasteiger partial charge in [0.05, 0.1) is 6.10 Å². The minimum Gasteiger partial charge on any atom is -0.392 e. The van der Waals surface area contributed by atoms with E-state index in [0.717, 1.165) is 30.6 Å². The predicted molar refractivity (Wildman–Crippen MR) is 92.7 cm³/mol. The van der Waals surface area contributed by atoms with Crippen molar-refractivity contribution in [2.24, 2.45) is 5.41 Å². The van der Waals surface area contributed by atoms with Crippen LogP contribution in [0.3, 0.4) is 0 Å². The predicted octanol–water partition coefficient (Wildman–Crippen LogP) is 3.61. The maximum absolute atomic E-state index is 10.3. The monoisotopic (exact) mass is 330 g/mol. The van der Waals surface area contributed by atoms with Crippen molar-refractivity contribution in [1.29, 1.82) is 0 Å². The first-order valence-corrected chi connectivity index (χ1v) is 8.70. The first-order chi connectivity index (χ1) is 11.5. The average Bonchev–Trinajstić information content (AvgIpc) is 3.07. The summed E-state index contributed by atoms with van der Waals surface area (Å²) in [6, 6.07) is 3.77. The Kier molecular flexibility index (Phi) is 4.85. The summed E-state index contributed by atoms with van der Waals surface area (Å²) in [6.45, 7) is 6.90. The third-order valence-corrected chi connectivity index (χ3v) is 4.92. The molecule has 3 rings (SSSR count). The fourth-order valence-electron chi connectivity index (χ4n) is 3.13. The summed E-state index contributed by atoms with van der Waals surface area (Å²) in [7, 11) is 0. The molecule has 1 fully saturated rings. The minimum absolute atomic E-state index is 0.106. The molecule has 2 unspecified atom stereocenters. The number of nitrogens with one attached hydrogen (secondary N) is 1. The second-order valence-electron chi connectivity index (χ2n) is 7.31. The van der Waals surface area contributed by atoms with Crippen molar-refractivity contribution in [1.82, 2.24) is 15.1 Å². The van der Waals surface area contributed by atoms with Crippen LogP contribution in [0, 0.1) is 5.41 Å². The van der Waals surface area contributed by atoms with E-state index < -0.39 is 0 Å². The molecule has 1 aliphatic rings. The van der Waals surface area contributed by atoms with Gasteiger partial charge >= 0.3 is 0 Å². The van der Waals surface area contributed by atoms with Crippen LogP contribution in [0.15, 0.2) is 22.9 Å². The van der Waals surface area contributed by atoms with Gasteiger partial charge in [-0.15, -0.1) is 0 Å². The van der Waals surface area contributed by atoms with Crippen LogP contribution in [0.25, 0.3) is 11.5 Å². The van der Waals surface area contributed by atoms with Crippen molar-refractivity contribution < 1.29 is 9.63 Å². The molecule has 6 heteroatoms. The number of rotatable bonds is 5. The Morgan fingerprint density at radius 1 is 1.42 bits per heavy atom. The van der Waals surface area contributed by atoms with E-state index in [4.69, 9.17) is 4.52 Å². The van der Waals surface area contributed by atoms with Gasteiger partial charge in [0.1, 0.15) is 5.82 Å². The molecule has 1 saturated carbocycles. The average molecular weight is 330 g/mol. The van der Waals surface area contributed by atoms with Gasteiger partial charge in [-0.05, 0) is 25.0 Å². The van der Waals surface area contributed by atoms with Crippen LogP contribution in [0.2, 0.25) is 0 Å². The number of aliphatic hydroxyl groups is 1. The first kappa shape index (κ1) is 16.9. The van der Waals surface area contributed by atoms with Crippen molar-refractivity contribution >= 4 is 5.82 Å². The molecular formula is C18H26N4O2. The van der Waals surface area contributed by atoms with Crippen LogP contribution in [0.4, 0.5) is 5.82 Å². The Bertz CT molecular complexity index is 685. The number of hydrogen-bond donors (Lipinski definition) is 2. The molecule has 0 aromatic carbocycles. The van der Waals surface area contributed by atoms with E-state index in [9.17, 15) is 5.11 Å². The van der Waals surface area contributed by atoms with Crippen LogP contribution in [0.1, 0.15) is 58.2 Å². The highest BCUT2D eigenvalue weighted by Gasteiger charge is 2.35. The van der Waals surface area contributed by atoms with Gasteiger partial charge in [0.15, 0.2) is 5.82 Å². The fraction of sp³-hybridized carbons (Fsp3) is 0.611. The Morgan fingerprint density at radius 2 is 2.25 bits per heavy atom. The van der Waals surface area contributed by atoms with Crippen molar-refractivity contribution in [2.45, 2.75) is 58.5 Å². The number of nitrogens with zero attached hydrogens (tertiary/aromatic N) is 3. The van der Waals surface area contributed by atoms with Gasteiger partial charge < -0.3 is 14.9 Å². The number of aliphatic hydroxyl groups excluding tert-OH is 1. The zero-order chi connectivity index (χ0) is 17.2. The number of anilines is 1. The zero-order valence-corrected chi connectivity index (χ0v) is 14.6. The van der Waals surface area contributed by atoms with Gasteiger partial charge in [0, 0.05) is 29.6 Å². The van der Waals surface area contributed by atoms with Crippen LogP contribution in [0.5, 0.6) is 0 Å². The molecule has 2 atom stereocenters. The highest BCUT2D eigenvalue weighted by atomic mass is 16.5. The van der Waals surface area contributed by atoms with Gasteiger partial charge in [-0.3, -0.25) is 0 Å². The molecule has 0 spiro atoms. The lowest BCUT2D eigenvalue weighted by molar-refractivity contribution is 0.00958. The Balaban J connectivity index is 1.71. The maximum atomic E-state index is 10.3. The van der Waals surface area contributed by atoms with Crippen molar-refractivity contribution in [3.05, 3.63) is 24.2 Å². The van der Waals surface area contributed by atoms with Gasteiger partial charge in [-0.2, -0.15) is 4.98 Å². The van der Waals surface area contributed by atoms with E-state index in [1.54, 1.807) is 6.20 Å². The SMILES string of the molecule is CC(C)c1noc(-c2ccnc(NCC3(C)CCCCC3O)c2)n1. The molecule has 2 heterocycles. The van der Waals surface area contributed by atoms with E-state index in [0.29, 0.717) is 18.3 Å². The lowest BCUT2D eigenvalue weighted by Gasteiger charge is -2.38. The third kappa shape index (κ3) is 3.59. The van der Waals surface area contributed by atoms with E-state index in [2.05, 4.69) is 27.4 Å². The number of pyridine rings is 1. The molecule has 0 amide bonds. The molecule has 0 radical (unpaired) electrons. The topological polar surface area (TPSA) is 84.1 Å². The van der Waals surface area contributed by atoms with Crippen LogP contribution in [-0.4, -0.2) is 32.9 Å². The van der Waals surface area contributed by atoms with E-state index in [-0.39, 0.29) is 17.4 Å². The summed E-state index contributed by atoms with van der Waals surface area (Å²) >= 11 is 0. The summed E-state index contributed by atoms with van der Waals surface area (Å²) in [5.41, 5.74) is 0.742. The molecule has 6 nitrogen and oxygen atoms in total. The van der Waals surface area contributed by atoms with E-state index in [1.807, 2.05) is 26.0 Å². The molecule has 0 bridgehead atoms. The van der Waals surface area contributed by atoms with Crippen LogP contribution >= 0.6 is 0 Å². The molecule has 0 saturated heterocycles. The van der Waals surface area contributed by atoms with Gasteiger partial charge in [0.2, 0.25) is 0 Å². The molecule has 2 N–H and O–H groups in total. The molecule has 24 heavy (non-hydrogen) atoms. The largest absolute Gasteiger partial charge is 0.392 e. The van der Waals surface area contributed by atoms with Gasteiger partial charge in [-0.25, -0.2) is 4.98 Å².